The van der Waals surface area contributed by atoms with Crippen LogP contribution in [0.5, 0.6) is 0 Å². The zero-order chi connectivity index (χ0) is 14.5. The van der Waals surface area contributed by atoms with Crippen LogP contribution >= 0.6 is 11.6 Å². The van der Waals surface area contributed by atoms with Crippen molar-refractivity contribution in [1.29, 1.82) is 0 Å². The lowest BCUT2D eigenvalue weighted by Gasteiger charge is -2.06. The van der Waals surface area contributed by atoms with Crippen LogP contribution in [0.15, 0.2) is 41.5 Å². The summed E-state index contributed by atoms with van der Waals surface area (Å²) in [6.07, 6.45) is 3.15. The van der Waals surface area contributed by atoms with E-state index in [4.69, 9.17) is 23.1 Å². The fraction of sp³-hybridized carbons (Fsp3) is 0.0714. The minimum atomic E-state index is -0.487. The summed E-state index contributed by atoms with van der Waals surface area (Å²) >= 11 is 6.04. The third-order valence-electron chi connectivity index (χ3n) is 2.63. The highest BCUT2D eigenvalue weighted by molar-refractivity contribution is 6.32. The van der Waals surface area contributed by atoms with Crippen LogP contribution in [0.25, 0.3) is 11.1 Å². The number of nitrogens with zero attached hydrogens (tertiary/aromatic N) is 2. The number of nitrogens with two attached hydrogens (primary N) is 2. The Kier molecular flexibility index (Phi) is 4.32. The second-order valence-corrected chi connectivity index (χ2v) is 4.48. The number of primary amides is 1. The van der Waals surface area contributed by atoms with Crippen molar-refractivity contribution in [2.45, 2.75) is 0 Å². The van der Waals surface area contributed by atoms with Crippen molar-refractivity contribution < 1.29 is 4.79 Å². The highest BCUT2D eigenvalue weighted by Crippen LogP contribution is 2.28. The third-order valence-corrected chi connectivity index (χ3v) is 2.94. The van der Waals surface area contributed by atoms with Gasteiger partial charge in [-0.3, -0.25) is 9.79 Å². The number of hydrogen-bond donors (Lipinski definition) is 2. The summed E-state index contributed by atoms with van der Waals surface area (Å²) in [4.78, 5) is 18.5. The summed E-state index contributed by atoms with van der Waals surface area (Å²) in [5.41, 5.74) is 13.9. The van der Waals surface area contributed by atoms with Gasteiger partial charge in [-0.15, -0.1) is 0 Å². The quantitative estimate of drug-likeness (QED) is 0.511. The number of anilines is 1. The Morgan fingerprint density at radius 3 is 2.85 bits per heavy atom. The molecule has 0 aliphatic rings. The molecule has 20 heavy (non-hydrogen) atoms. The molecule has 2 aromatic rings. The van der Waals surface area contributed by atoms with Crippen molar-refractivity contribution in [3.05, 3.63) is 47.2 Å². The lowest BCUT2D eigenvalue weighted by Crippen LogP contribution is -2.14. The summed E-state index contributed by atoms with van der Waals surface area (Å²) in [5, 5.41) is 0.419. The fourth-order valence-electron chi connectivity index (χ4n) is 1.70. The zero-order valence-corrected chi connectivity index (χ0v) is 11.3. The Balaban J connectivity index is 2.28. The van der Waals surface area contributed by atoms with Crippen molar-refractivity contribution in [2.75, 3.05) is 12.3 Å². The standard InChI is InChI=1S/C14H13ClN4O/c15-14-11(2-1-5-19-14)9-3-4-10(12(16)6-9)7-18-8-13(17)20/h1-7H,8,16H2,(H2,17,20). The van der Waals surface area contributed by atoms with Crippen LogP contribution in [0.4, 0.5) is 5.69 Å². The molecule has 4 N–H and O–H groups in total. The number of benzene rings is 1. The molecule has 0 fully saturated rings. The van der Waals surface area contributed by atoms with E-state index in [2.05, 4.69) is 9.98 Å². The Morgan fingerprint density at radius 1 is 1.40 bits per heavy atom. The Morgan fingerprint density at radius 2 is 2.20 bits per heavy atom. The largest absolute Gasteiger partial charge is 0.398 e. The lowest BCUT2D eigenvalue weighted by molar-refractivity contribution is -0.116. The molecule has 0 saturated carbocycles. The number of aromatic nitrogens is 1. The molecule has 0 aliphatic carbocycles. The molecule has 0 bridgehead atoms. The van der Waals surface area contributed by atoms with E-state index in [1.54, 1.807) is 24.4 Å². The molecule has 0 radical (unpaired) electrons. The fourth-order valence-corrected chi connectivity index (χ4v) is 1.92. The van der Waals surface area contributed by atoms with Gasteiger partial charge in [0.15, 0.2) is 0 Å². The van der Waals surface area contributed by atoms with Crippen molar-refractivity contribution in [3.8, 4) is 11.1 Å². The first kappa shape index (κ1) is 14.0. The molecule has 5 nitrogen and oxygen atoms in total. The summed E-state index contributed by atoms with van der Waals surface area (Å²) < 4.78 is 0. The van der Waals surface area contributed by atoms with E-state index in [0.29, 0.717) is 10.8 Å². The number of rotatable bonds is 4. The number of hydrogen-bond acceptors (Lipinski definition) is 4. The number of aliphatic imine (C=N–C) groups is 1. The smallest absolute Gasteiger partial charge is 0.239 e. The van der Waals surface area contributed by atoms with Gasteiger partial charge in [0.25, 0.3) is 0 Å². The van der Waals surface area contributed by atoms with Crippen LogP contribution in [0.3, 0.4) is 0 Å². The first-order valence-corrected chi connectivity index (χ1v) is 6.24. The number of pyridine rings is 1. The number of nitrogen functional groups attached to an aromatic ring is 1. The van der Waals surface area contributed by atoms with Crippen LogP contribution in [0.1, 0.15) is 5.56 Å². The van der Waals surface area contributed by atoms with Gasteiger partial charge in [0.05, 0.1) is 0 Å². The average Bonchev–Trinajstić information content (AvgIpc) is 2.41. The molecule has 0 atom stereocenters. The first-order chi connectivity index (χ1) is 9.58. The topological polar surface area (TPSA) is 94.4 Å². The van der Waals surface area contributed by atoms with Gasteiger partial charge in [-0.25, -0.2) is 4.98 Å². The number of amides is 1. The van der Waals surface area contributed by atoms with E-state index in [1.165, 1.54) is 6.21 Å². The van der Waals surface area contributed by atoms with Gasteiger partial charge in [0, 0.05) is 29.2 Å². The molecule has 102 valence electrons. The van der Waals surface area contributed by atoms with Gasteiger partial charge in [-0.1, -0.05) is 23.7 Å². The first-order valence-electron chi connectivity index (χ1n) is 5.86. The summed E-state index contributed by atoms with van der Waals surface area (Å²) in [5.74, 6) is -0.487. The van der Waals surface area contributed by atoms with Gasteiger partial charge in [0.2, 0.25) is 5.91 Å². The summed E-state index contributed by atoms with van der Waals surface area (Å²) in [7, 11) is 0. The number of carbonyl (C=O) groups excluding carboxylic acids is 1. The minimum absolute atomic E-state index is 0.0599. The normalized spacial score (nSPS) is 10.8. The molecule has 0 spiro atoms. The molecule has 1 heterocycles. The van der Waals surface area contributed by atoms with E-state index in [-0.39, 0.29) is 6.54 Å². The summed E-state index contributed by atoms with van der Waals surface area (Å²) in [6.45, 7) is -0.0599. The second kappa shape index (κ2) is 6.16. The maximum absolute atomic E-state index is 10.6. The van der Waals surface area contributed by atoms with E-state index in [9.17, 15) is 4.79 Å². The lowest BCUT2D eigenvalue weighted by atomic mass is 10.0. The van der Waals surface area contributed by atoms with Gasteiger partial charge in [-0.05, 0) is 23.8 Å². The molecule has 1 amide bonds. The van der Waals surface area contributed by atoms with Crippen LogP contribution in [-0.4, -0.2) is 23.7 Å². The van der Waals surface area contributed by atoms with Crippen molar-refractivity contribution in [3.63, 3.8) is 0 Å². The number of carbonyl (C=O) groups is 1. The molecule has 0 unspecified atom stereocenters. The van der Waals surface area contributed by atoms with Crippen molar-refractivity contribution in [2.24, 2.45) is 10.7 Å². The molecule has 0 saturated heterocycles. The zero-order valence-electron chi connectivity index (χ0n) is 10.6. The number of halogens is 1. The minimum Gasteiger partial charge on any atom is -0.398 e. The monoisotopic (exact) mass is 288 g/mol. The van der Waals surface area contributed by atoms with Crippen LogP contribution < -0.4 is 11.5 Å². The predicted octanol–water partition coefficient (Wildman–Crippen LogP) is 1.89. The Hall–Kier alpha value is -2.40. The van der Waals surface area contributed by atoms with Crippen molar-refractivity contribution in [1.82, 2.24) is 4.98 Å². The predicted molar refractivity (Wildman–Crippen MR) is 80.8 cm³/mol. The highest BCUT2D eigenvalue weighted by Gasteiger charge is 2.05. The van der Waals surface area contributed by atoms with Gasteiger partial charge >= 0.3 is 0 Å². The SMILES string of the molecule is NC(=O)CN=Cc1ccc(-c2cccnc2Cl)cc1N. The molecule has 1 aromatic heterocycles. The van der Waals surface area contributed by atoms with Crippen LogP contribution in [0, 0.1) is 0 Å². The average molecular weight is 289 g/mol. The summed E-state index contributed by atoms with van der Waals surface area (Å²) in [6, 6.07) is 9.13. The van der Waals surface area contributed by atoms with E-state index < -0.39 is 5.91 Å². The third kappa shape index (κ3) is 3.33. The maximum Gasteiger partial charge on any atom is 0.239 e. The Labute approximate surface area is 121 Å². The van der Waals surface area contributed by atoms with Crippen LogP contribution in [0.2, 0.25) is 5.15 Å². The van der Waals surface area contributed by atoms with Gasteiger partial charge in [0.1, 0.15) is 11.7 Å². The van der Waals surface area contributed by atoms with Gasteiger partial charge < -0.3 is 11.5 Å². The molecule has 2 rings (SSSR count). The second-order valence-electron chi connectivity index (χ2n) is 4.12. The van der Waals surface area contributed by atoms with E-state index in [0.717, 1.165) is 16.7 Å². The van der Waals surface area contributed by atoms with Gasteiger partial charge in [-0.2, -0.15) is 0 Å². The van der Waals surface area contributed by atoms with E-state index in [1.807, 2.05) is 12.1 Å². The molecular formula is C14H13ClN4O. The van der Waals surface area contributed by atoms with Crippen LogP contribution in [-0.2, 0) is 4.79 Å². The highest BCUT2D eigenvalue weighted by atomic mass is 35.5. The Bertz CT molecular complexity index is 670. The maximum atomic E-state index is 10.6. The van der Waals surface area contributed by atoms with Crippen molar-refractivity contribution >= 4 is 29.4 Å². The molecule has 6 heteroatoms. The van der Waals surface area contributed by atoms with E-state index >= 15 is 0 Å². The molecular weight excluding hydrogens is 276 g/mol. The molecule has 0 aliphatic heterocycles. The molecule has 1 aromatic carbocycles.